The molecule has 0 unspecified atom stereocenters. The molecule has 0 aliphatic heterocycles. The molecule has 1 amide bonds. The molecular weight excluding hydrogens is 417 g/mol. The molecule has 1 heterocycles. The van der Waals surface area contributed by atoms with Crippen LogP contribution in [0.2, 0.25) is 0 Å². The van der Waals surface area contributed by atoms with Crippen LogP contribution in [0.3, 0.4) is 0 Å². The van der Waals surface area contributed by atoms with Gasteiger partial charge in [-0.3, -0.25) is 4.79 Å². The highest BCUT2D eigenvalue weighted by Gasteiger charge is 2.29. The van der Waals surface area contributed by atoms with Crippen molar-refractivity contribution in [1.82, 2.24) is 15.1 Å². The molecule has 6 heteroatoms. The van der Waals surface area contributed by atoms with E-state index in [4.69, 9.17) is 4.74 Å². The molecule has 1 saturated carbocycles. The van der Waals surface area contributed by atoms with E-state index in [2.05, 4.69) is 10.4 Å². The second-order valence-electron chi connectivity index (χ2n) is 8.63. The van der Waals surface area contributed by atoms with E-state index in [0.717, 1.165) is 41.4 Å². The summed E-state index contributed by atoms with van der Waals surface area (Å²) in [4.78, 5) is 12.6. The molecule has 1 fully saturated rings. The summed E-state index contributed by atoms with van der Waals surface area (Å²) in [7, 11) is 0. The quantitative estimate of drug-likeness (QED) is 0.405. The van der Waals surface area contributed by atoms with Gasteiger partial charge in [-0.15, -0.1) is 0 Å². The number of aromatic nitrogens is 2. The zero-order valence-corrected chi connectivity index (χ0v) is 18.4. The number of carbonyl (C=O) groups excluding carboxylic acids is 1. The number of halogens is 1. The van der Waals surface area contributed by atoms with Crippen LogP contribution in [-0.4, -0.2) is 21.7 Å². The molecule has 0 radical (unpaired) electrons. The molecule has 33 heavy (non-hydrogen) atoms. The Morgan fingerprint density at radius 1 is 1.09 bits per heavy atom. The molecule has 0 bridgehead atoms. The first-order valence-corrected chi connectivity index (χ1v) is 11.3. The van der Waals surface area contributed by atoms with Gasteiger partial charge in [-0.1, -0.05) is 36.8 Å². The summed E-state index contributed by atoms with van der Waals surface area (Å²) in [6.45, 7) is 1.99. The van der Waals surface area contributed by atoms with Crippen molar-refractivity contribution in [1.29, 1.82) is 0 Å². The van der Waals surface area contributed by atoms with Crippen molar-refractivity contribution in [3.8, 4) is 11.4 Å². The van der Waals surface area contributed by atoms with Crippen molar-refractivity contribution in [3.63, 3.8) is 0 Å². The van der Waals surface area contributed by atoms with Crippen molar-refractivity contribution in [2.75, 3.05) is 0 Å². The van der Waals surface area contributed by atoms with Gasteiger partial charge >= 0.3 is 0 Å². The van der Waals surface area contributed by atoms with Crippen molar-refractivity contribution >= 4 is 16.8 Å². The average Bonchev–Trinajstić information content (AvgIpc) is 3.20. The topological polar surface area (TPSA) is 56.1 Å². The highest BCUT2D eigenvalue weighted by Crippen LogP contribution is 2.30. The van der Waals surface area contributed by atoms with E-state index < -0.39 is 0 Å². The highest BCUT2D eigenvalue weighted by molar-refractivity contribution is 5.82. The van der Waals surface area contributed by atoms with Crippen molar-refractivity contribution in [3.05, 3.63) is 90.4 Å². The standard InChI is InChI=1S/C27H26FN3O2/c1-18(30-27(32)20-8-5-9-20)26(19-6-3-2-4-7-19)33-24-14-15-25-21(16-24)17-29-31(25)23-12-10-22(28)11-13-23/h2-4,6-7,10-18,20,26H,5,8-9H2,1H3,(H,30,32)/t18-,26-/m0/s1. The Bertz CT molecular complexity index is 1250. The average molecular weight is 444 g/mol. The van der Waals surface area contributed by atoms with E-state index in [-0.39, 0.29) is 29.8 Å². The zero-order chi connectivity index (χ0) is 22.8. The predicted molar refractivity (Wildman–Crippen MR) is 126 cm³/mol. The van der Waals surface area contributed by atoms with Gasteiger partial charge in [0.1, 0.15) is 17.7 Å². The van der Waals surface area contributed by atoms with Crippen LogP contribution < -0.4 is 10.1 Å². The van der Waals surface area contributed by atoms with Crippen LogP contribution in [0.5, 0.6) is 5.75 Å². The van der Waals surface area contributed by atoms with Crippen LogP contribution in [0.1, 0.15) is 37.9 Å². The molecule has 5 nitrogen and oxygen atoms in total. The molecule has 1 aromatic heterocycles. The van der Waals surface area contributed by atoms with Crippen LogP contribution in [0.4, 0.5) is 4.39 Å². The SMILES string of the molecule is C[C@H](NC(=O)C1CCC1)[C@H](Oc1ccc2c(cnn2-c2ccc(F)cc2)c1)c1ccccc1. The number of nitrogens with zero attached hydrogens (tertiary/aromatic N) is 2. The third kappa shape index (κ3) is 4.46. The zero-order valence-electron chi connectivity index (χ0n) is 18.4. The maximum absolute atomic E-state index is 13.3. The number of amides is 1. The van der Waals surface area contributed by atoms with Gasteiger partial charge < -0.3 is 10.1 Å². The van der Waals surface area contributed by atoms with Gasteiger partial charge in [-0.05, 0) is 67.8 Å². The maximum Gasteiger partial charge on any atom is 0.223 e. The lowest BCUT2D eigenvalue weighted by Crippen LogP contribution is -2.43. The fourth-order valence-corrected chi connectivity index (χ4v) is 4.21. The smallest absolute Gasteiger partial charge is 0.223 e. The Balaban J connectivity index is 1.40. The van der Waals surface area contributed by atoms with E-state index in [0.29, 0.717) is 5.75 Å². The molecule has 4 aromatic rings. The first-order chi connectivity index (χ1) is 16.1. The predicted octanol–water partition coefficient (Wildman–Crippen LogP) is 5.59. The van der Waals surface area contributed by atoms with Crippen molar-refractivity contribution in [2.45, 2.75) is 38.3 Å². The number of benzene rings is 3. The number of fused-ring (bicyclic) bond motifs is 1. The first kappa shape index (κ1) is 21.2. The summed E-state index contributed by atoms with van der Waals surface area (Å²) >= 11 is 0. The van der Waals surface area contributed by atoms with E-state index in [1.54, 1.807) is 23.0 Å². The monoisotopic (exact) mass is 443 g/mol. The molecule has 0 saturated heterocycles. The molecular formula is C27H26FN3O2. The summed E-state index contributed by atoms with van der Waals surface area (Å²) in [5.74, 6) is 0.642. The van der Waals surface area contributed by atoms with Gasteiger partial charge in [0.2, 0.25) is 5.91 Å². The van der Waals surface area contributed by atoms with Crippen LogP contribution >= 0.6 is 0 Å². The Kier molecular flexibility index (Phi) is 5.82. The minimum Gasteiger partial charge on any atom is -0.484 e. The third-order valence-electron chi connectivity index (χ3n) is 6.30. The highest BCUT2D eigenvalue weighted by atomic mass is 19.1. The van der Waals surface area contributed by atoms with E-state index in [1.165, 1.54) is 12.1 Å². The summed E-state index contributed by atoms with van der Waals surface area (Å²) in [5.41, 5.74) is 2.69. The summed E-state index contributed by atoms with van der Waals surface area (Å²) in [6.07, 6.45) is 4.48. The van der Waals surface area contributed by atoms with Crippen LogP contribution in [0, 0.1) is 11.7 Å². The molecule has 2 atom stereocenters. The fourth-order valence-electron chi connectivity index (χ4n) is 4.21. The van der Waals surface area contributed by atoms with Crippen LogP contribution in [0.25, 0.3) is 16.6 Å². The molecule has 1 aliphatic carbocycles. The number of ether oxygens (including phenoxy) is 1. The van der Waals surface area contributed by atoms with Gasteiger partial charge in [0.15, 0.2) is 0 Å². The lowest BCUT2D eigenvalue weighted by atomic mass is 9.84. The maximum atomic E-state index is 13.3. The summed E-state index contributed by atoms with van der Waals surface area (Å²) in [6, 6.07) is 21.8. The Labute approximate surface area is 192 Å². The van der Waals surface area contributed by atoms with E-state index in [1.807, 2.05) is 55.5 Å². The number of nitrogens with one attached hydrogen (secondary N) is 1. The molecule has 1 N–H and O–H groups in total. The Hall–Kier alpha value is -3.67. The number of hydrogen-bond donors (Lipinski definition) is 1. The minimum atomic E-state index is -0.334. The van der Waals surface area contributed by atoms with Gasteiger partial charge in [-0.2, -0.15) is 5.10 Å². The summed E-state index contributed by atoms with van der Waals surface area (Å²) < 4.78 is 21.5. The fraction of sp³-hybridized carbons (Fsp3) is 0.259. The Morgan fingerprint density at radius 3 is 2.55 bits per heavy atom. The molecule has 0 spiro atoms. The number of rotatable bonds is 7. The van der Waals surface area contributed by atoms with E-state index >= 15 is 0 Å². The van der Waals surface area contributed by atoms with Gasteiger partial charge in [0, 0.05) is 11.3 Å². The Morgan fingerprint density at radius 2 is 1.85 bits per heavy atom. The molecule has 168 valence electrons. The van der Waals surface area contributed by atoms with E-state index in [9.17, 15) is 9.18 Å². The van der Waals surface area contributed by atoms with Gasteiger partial charge in [-0.25, -0.2) is 9.07 Å². The largest absolute Gasteiger partial charge is 0.484 e. The lowest BCUT2D eigenvalue weighted by Gasteiger charge is -2.30. The lowest BCUT2D eigenvalue weighted by molar-refractivity contribution is -0.128. The van der Waals surface area contributed by atoms with Crippen molar-refractivity contribution in [2.24, 2.45) is 5.92 Å². The third-order valence-corrected chi connectivity index (χ3v) is 6.30. The molecule has 5 rings (SSSR count). The summed E-state index contributed by atoms with van der Waals surface area (Å²) in [5, 5.41) is 8.53. The molecule has 3 aromatic carbocycles. The molecule has 1 aliphatic rings. The van der Waals surface area contributed by atoms with Crippen molar-refractivity contribution < 1.29 is 13.9 Å². The van der Waals surface area contributed by atoms with Gasteiger partial charge in [0.05, 0.1) is 23.4 Å². The normalized spacial score (nSPS) is 15.6. The number of hydrogen-bond acceptors (Lipinski definition) is 3. The van der Waals surface area contributed by atoms with Gasteiger partial charge in [0.25, 0.3) is 0 Å². The second-order valence-corrected chi connectivity index (χ2v) is 8.63. The number of carbonyl (C=O) groups is 1. The second kappa shape index (κ2) is 9.06. The van der Waals surface area contributed by atoms with Crippen LogP contribution in [-0.2, 0) is 4.79 Å². The van der Waals surface area contributed by atoms with Crippen LogP contribution in [0.15, 0.2) is 79.0 Å². The minimum absolute atomic E-state index is 0.106. The first-order valence-electron chi connectivity index (χ1n) is 11.3.